The van der Waals surface area contributed by atoms with Gasteiger partial charge in [0.2, 0.25) is 5.91 Å². The van der Waals surface area contributed by atoms with Crippen molar-refractivity contribution >= 4 is 11.8 Å². The Morgan fingerprint density at radius 3 is 2.57 bits per heavy atom. The van der Waals surface area contributed by atoms with E-state index in [0.717, 1.165) is 24.9 Å². The summed E-state index contributed by atoms with van der Waals surface area (Å²) in [7, 11) is 0. The molecule has 37 heavy (non-hydrogen) atoms. The van der Waals surface area contributed by atoms with E-state index in [0.29, 0.717) is 48.8 Å². The van der Waals surface area contributed by atoms with Crippen LogP contribution < -0.4 is 10.1 Å². The molecule has 2 amide bonds. The van der Waals surface area contributed by atoms with Gasteiger partial charge in [0.1, 0.15) is 5.75 Å². The number of hydrogen-bond donors (Lipinski definition) is 1. The zero-order valence-electron chi connectivity index (χ0n) is 22.1. The smallest absolute Gasteiger partial charge is 0.257 e. The molecular formula is C31H41N3O3. The number of nitrogens with one attached hydrogen (secondary N) is 1. The fourth-order valence-corrected chi connectivity index (χ4v) is 7.03. The van der Waals surface area contributed by atoms with Crippen molar-refractivity contribution < 1.29 is 14.3 Å². The Labute approximate surface area is 221 Å². The number of hydrogen-bond acceptors (Lipinski definition) is 4. The fraction of sp³-hybridized carbons (Fsp3) is 0.548. The van der Waals surface area contributed by atoms with Crippen LogP contribution in [0.5, 0.6) is 5.75 Å². The summed E-state index contributed by atoms with van der Waals surface area (Å²) < 4.78 is 5.84. The van der Waals surface area contributed by atoms with Gasteiger partial charge in [0.05, 0.1) is 12.2 Å². The maximum Gasteiger partial charge on any atom is 0.257 e. The predicted octanol–water partition coefficient (Wildman–Crippen LogP) is 4.89. The minimum absolute atomic E-state index is 0.0834. The highest BCUT2D eigenvalue weighted by molar-refractivity contribution is 5.97. The lowest BCUT2D eigenvalue weighted by Gasteiger charge is -2.57. The Balaban J connectivity index is 1.30. The minimum Gasteiger partial charge on any atom is -0.493 e. The molecule has 0 spiro atoms. The van der Waals surface area contributed by atoms with Gasteiger partial charge in [-0.15, -0.1) is 0 Å². The number of rotatable bonds is 9. The summed E-state index contributed by atoms with van der Waals surface area (Å²) in [4.78, 5) is 31.6. The molecule has 3 aliphatic rings. The summed E-state index contributed by atoms with van der Waals surface area (Å²) in [6.45, 7) is 6.23. The Morgan fingerprint density at radius 2 is 1.76 bits per heavy atom. The van der Waals surface area contributed by atoms with E-state index in [2.05, 4.69) is 15.1 Å². The molecule has 3 aliphatic heterocycles. The lowest BCUT2D eigenvalue weighted by molar-refractivity contribution is -0.121. The molecule has 198 valence electrons. The van der Waals surface area contributed by atoms with Crippen LogP contribution in [0.4, 0.5) is 0 Å². The van der Waals surface area contributed by atoms with Crippen molar-refractivity contribution in [3.8, 4) is 5.75 Å². The van der Waals surface area contributed by atoms with Gasteiger partial charge in [-0.25, -0.2) is 0 Å². The van der Waals surface area contributed by atoms with Crippen molar-refractivity contribution in [3.05, 3.63) is 65.7 Å². The Bertz CT molecular complexity index is 1060. The first-order valence-corrected chi connectivity index (χ1v) is 14.2. The number of carbonyl (C=O) groups excluding carboxylic acids is 2. The third kappa shape index (κ3) is 5.85. The van der Waals surface area contributed by atoms with Gasteiger partial charge in [-0.1, -0.05) is 42.5 Å². The molecule has 0 aromatic heterocycles. The van der Waals surface area contributed by atoms with Crippen LogP contribution in [0.1, 0.15) is 67.8 Å². The molecule has 0 unspecified atom stereocenters. The van der Waals surface area contributed by atoms with Crippen LogP contribution in [0.15, 0.2) is 54.6 Å². The van der Waals surface area contributed by atoms with Crippen molar-refractivity contribution in [2.75, 3.05) is 26.2 Å². The van der Waals surface area contributed by atoms with E-state index in [-0.39, 0.29) is 17.9 Å². The summed E-state index contributed by atoms with van der Waals surface area (Å²) in [5, 5.41) is 3.06. The number of para-hydroxylation sites is 1. The number of ether oxygens (including phenoxy) is 1. The van der Waals surface area contributed by atoms with Gasteiger partial charge in [0.25, 0.3) is 5.91 Å². The molecule has 6 heteroatoms. The molecule has 6 nitrogen and oxygen atoms in total. The lowest BCUT2D eigenvalue weighted by atomic mass is 9.69. The first-order valence-electron chi connectivity index (χ1n) is 14.2. The zero-order valence-corrected chi connectivity index (χ0v) is 22.1. The van der Waals surface area contributed by atoms with E-state index in [4.69, 9.17) is 4.74 Å². The standard InChI is InChI=1S/C31H41N3O3/c1-2-37-28-17-7-6-14-26(28)31(36)34-22-24-13-9-19-33-20-10-15-25(30(24)33)27(34)16-8-18-29(35)32-21-23-11-4-3-5-12-23/h3-7,11-12,14,17,24-25,27,30H,2,8-10,13,15-16,18-22H2,1H3,(H,32,35)/t24-,25+,27+,30-/m0/s1. The minimum atomic E-state index is 0.0834. The number of nitrogens with zero attached hydrogens (tertiary/aromatic N) is 2. The van der Waals surface area contributed by atoms with E-state index >= 15 is 0 Å². The van der Waals surface area contributed by atoms with Crippen LogP contribution in [-0.2, 0) is 11.3 Å². The first kappa shape index (κ1) is 25.8. The summed E-state index contributed by atoms with van der Waals surface area (Å²) >= 11 is 0. The van der Waals surface area contributed by atoms with Crippen LogP contribution in [0.2, 0.25) is 0 Å². The normalized spacial score (nSPS) is 25.3. The average molecular weight is 504 g/mol. The van der Waals surface area contributed by atoms with Crippen molar-refractivity contribution in [1.29, 1.82) is 0 Å². The highest BCUT2D eigenvalue weighted by Crippen LogP contribution is 2.44. The summed E-state index contributed by atoms with van der Waals surface area (Å²) in [6.07, 6.45) is 6.92. The van der Waals surface area contributed by atoms with Crippen molar-refractivity contribution in [1.82, 2.24) is 15.1 Å². The monoisotopic (exact) mass is 503 g/mol. The van der Waals surface area contributed by atoms with Gasteiger partial charge in [0, 0.05) is 31.6 Å². The zero-order chi connectivity index (χ0) is 25.6. The number of carbonyl (C=O) groups is 2. The Morgan fingerprint density at radius 1 is 1.00 bits per heavy atom. The maximum atomic E-state index is 14.1. The predicted molar refractivity (Wildman–Crippen MR) is 145 cm³/mol. The van der Waals surface area contributed by atoms with E-state index < -0.39 is 0 Å². The highest BCUT2D eigenvalue weighted by atomic mass is 16.5. The van der Waals surface area contributed by atoms with Crippen LogP contribution in [-0.4, -0.2) is 59.9 Å². The summed E-state index contributed by atoms with van der Waals surface area (Å²) in [5.74, 6) is 1.85. The van der Waals surface area contributed by atoms with Gasteiger partial charge < -0.3 is 15.0 Å². The molecule has 0 saturated carbocycles. The maximum absolute atomic E-state index is 14.1. The lowest BCUT2D eigenvalue weighted by Crippen LogP contribution is -2.65. The van der Waals surface area contributed by atoms with Crippen molar-refractivity contribution in [2.24, 2.45) is 11.8 Å². The van der Waals surface area contributed by atoms with E-state index in [1.165, 1.54) is 38.8 Å². The van der Waals surface area contributed by atoms with E-state index in [9.17, 15) is 9.59 Å². The average Bonchev–Trinajstić information content (AvgIpc) is 2.94. The molecule has 5 rings (SSSR count). The second kappa shape index (κ2) is 12.1. The molecule has 0 aliphatic carbocycles. The van der Waals surface area contributed by atoms with Crippen molar-refractivity contribution in [3.63, 3.8) is 0 Å². The second-order valence-electron chi connectivity index (χ2n) is 10.8. The van der Waals surface area contributed by atoms with Gasteiger partial charge in [-0.05, 0) is 88.1 Å². The van der Waals surface area contributed by atoms with E-state index in [1.807, 2.05) is 61.5 Å². The molecule has 2 aromatic carbocycles. The topological polar surface area (TPSA) is 61.9 Å². The molecule has 0 bridgehead atoms. The van der Waals surface area contributed by atoms with Gasteiger partial charge in [-0.2, -0.15) is 0 Å². The number of amides is 2. The number of likely N-dealkylation sites (tertiary alicyclic amines) is 1. The summed E-state index contributed by atoms with van der Waals surface area (Å²) in [5.41, 5.74) is 1.77. The molecule has 1 N–H and O–H groups in total. The number of piperidine rings is 3. The molecule has 3 fully saturated rings. The second-order valence-corrected chi connectivity index (χ2v) is 10.8. The Kier molecular flexibility index (Phi) is 8.45. The van der Waals surface area contributed by atoms with Crippen LogP contribution in [0, 0.1) is 11.8 Å². The largest absolute Gasteiger partial charge is 0.493 e. The van der Waals surface area contributed by atoms with Gasteiger partial charge in [-0.3, -0.25) is 14.5 Å². The van der Waals surface area contributed by atoms with Crippen molar-refractivity contribution in [2.45, 2.75) is 70.5 Å². The van der Waals surface area contributed by atoms with Crippen LogP contribution in [0.3, 0.4) is 0 Å². The third-order valence-electron chi connectivity index (χ3n) is 8.59. The van der Waals surface area contributed by atoms with Crippen LogP contribution in [0.25, 0.3) is 0 Å². The third-order valence-corrected chi connectivity index (χ3v) is 8.59. The first-order chi connectivity index (χ1) is 18.2. The van der Waals surface area contributed by atoms with Gasteiger partial charge in [0.15, 0.2) is 0 Å². The molecule has 3 saturated heterocycles. The molecule has 0 radical (unpaired) electrons. The quantitative estimate of drug-likeness (QED) is 0.530. The fourth-order valence-electron chi connectivity index (χ4n) is 7.03. The number of benzene rings is 2. The SMILES string of the molecule is CCOc1ccccc1C(=O)N1C[C@@H]2CCCN3CCC[C@@H]([C@H]23)[C@H]1CCCC(=O)NCc1ccccc1. The van der Waals surface area contributed by atoms with Gasteiger partial charge >= 0.3 is 0 Å². The summed E-state index contributed by atoms with van der Waals surface area (Å²) in [6, 6.07) is 18.4. The highest BCUT2D eigenvalue weighted by Gasteiger charge is 2.49. The molecule has 3 heterocycles. The molecule has 4 atom stereocenters. The van der Waals surface area contributed by atoms with Crippen LogP contribution >= 0.6 is 0 Å². The van der Waals surface area contributed by atoms with E-state index in [1.54, 1.807) is 0 Å². The molecular weight excluding hydrogens is 462 g/mol. The molecule has 2 aromatic rings. The Hall–Kier alpha value is -2.86.